The maximum absolute atomic E-state index is 11.0. The average Bonchev–Trinajstić information content (AvgIpc) is 2.06. The molecule has 0 spiro atoms. The minimum absolute atomic E-state index is 0. The molecule has 0 aromatic rings. The average molecular weight is 190 g/mol. The first kappa shape index (κ1) is 14.9. The summed E-state index contributed by atoms with van der Waals surface area (Å²) in [5.41, 5.74) is 0. The van der Waals surface area contributed by atoms with E-state index in [0.29, 0.717) is 13.0 Å². The number of ether oxygens (including phenoxy) is 1. The van der Waals surface area contributed by atoms with Crippen molar-refractivity contribution >= 4 is 5.97 Å². The van der Waals surface area contributed by atoms with Gasteiger partial charge < -0.3 is 10.2 Å². The van der Waals surface area contributed by atoms with E-state index < -0.39 is 0 Å². The number of rotatable bonds is 7. The Kier molecular flexibility index (Phi) is 13.1. The van der Waals surface area contributed by atoms with Gasteiger partial charge in [-0.2, -0.15) is 0 Å². The van der Waals surface area contributed by atoms with Crippen LogP contribution in [0, 0.1) is 0 Å². The molecule has 13 heavy (non-hydrogen) atoms. The molecule has 0 heterocycles. The minimum atomic E-state index is -0.0306. The van der Waals surface area contributed by atoms with Crippen LogP contribution in [-0.4, -0.2) is 18.1 Å². The predicted octanol–water partition coefficient (Wildman–Crippen LogP) is 2.09. The van der Waals surface area contributed by atoms with Crippen LogP contribution >= 0.6 is 0 Å². The lowest BCUT2D eigenvalue weighted by Crippen LogP contribution is -2.05. The number of hydrogen-bond donors (Lipinski definition) is 0. The first-order chi connectivity index (χ1) is 5.81. The van der Waals surface area contributed by atoms with Crippen LogP contribution in [0.2, 0.25) is 0 Å². The molecular formula is C10H22O3. The lowest BCUT2D eigenvalue weighted by atomic mass is 10.2. The molecule has 0 aliphatic heterocycles. The second kappa shape index (κ2) is 11.4. The van der Waals surface area contributed by atoms with Crippen molar-refractivity contribution < 1.29 is 15.0 Å². The van der Waals surface area contributed by atoms with Gasteiger partial charge >= 0.3 is 5.97 Å². The largest absolute Gasteiger partial charge is 0.466 e. The first-order valence-corrected chi connectivity index (χ1v) is 4.96. The molecule has 3 nitrogen and oxygen atoms in total. The number of esters is 1. The highest BCUT2D eigenvalue weighted by atomic mass is 16.5. The van der Waals surface area contributed by atoms with Gasteiger partial charge in [-0.15, -0.1) is 0 Å². The molecule has 2 N–H and O–H groups in total. The topological polar surface area (TPSA) is 57.8 Å². The standard InChI is InChI=1S/C10H20O2.H2O/c1-3-5-7-8-10(11)12-9-6-4-2;/h3-9H2,1-2H3;1H2. The molecule has 0 rings (SSSR count). The summed E-state index contributed by atoms with van der Waals surface area (Å²) in [5, 5.41) is 0. The van der Waals surface area contributed by atoms with Crippen LogP contribution in [0.4, 0.5) is 0 Å². The van der Waals surface area contributed by atoms with Gasteiger partial charge in [-0.1, -0.05) is 33.1 Å². The molecular weight excluding hydrogens is 168 g/mol. The van der Waals surface area contributed by atoms with E-state index in [0.717, 1.165) is 32.1 Å². The van der Waals surface area contributed by atoms with Gasteiger partial charge in [0.25, 0.3) is 0 Å². The molecule has 80 valence electrons. The summed E-state index contributed by atoms with van der Waals surface area (Å²) in [6, 6.07) is 0. The highest BCUT2D eigenvalue weighted by Crippen LogP contribution is 2.00. The van der Waals surface area contributed by atoms with E-state index in [9.17, 15) is 4.79 Å². The second-order valence-corrected chi connectivity index (χ2v) is 3.03. The summed E-state index contributed by atoms with van der Waals surface area (Å²) in [5.74, 6) is -0.0306. The molecule has 0 aromatic heterocycles. The quantitative estimate of drug-likeness (QED) is 0.456. The number of unbranched alkanes of at least 4 members (excludes halogenated alkanes) is 3. The van der Waals surface area contributed by atoms with Crippen molar-refractivity contribution in [3.63, 3.8) is 0 Å². The molecule has 3 heteroatoms. The van der Waals surface area contributed by atoms with Crippen molar-refractivity contribution in [1.29, 1.82) is 0 Å². The molecule has 0 radical (unpaired) electrons. The van der Waals surface area contributed by atoms with Gasteiger partial charge in [0, 0.05) is 6.42 Å². The van der Waals surface area contributed by atoms with E-state index in [1.165, 1.54) is 0 Å². The maximum atomic E-state index is 11.0. The fourth-order valence-corrected chi connectivity index (χ4v) is 0.922. The van der Waals surface area contributed by atoms with Crippen LogP contribution < -0.4 is 0 Å². The van der Waals surface area contributed by atoms with E-state index >= 15 is 0 Å². The normalized spacial score (nSPS) is 9.08. The van der Waals surface area contributed by atoms with E-state index in [1.54, 1.807) is 0 Å². The SMILES string of the molecule is CCCCCC(=O)OCCCC.O. The number of carbonyl (C=O) groups excluding carboxylic acids is 1. The minimum Gasteiger partial charge on any atom is -0.466 e. The van der Waals surface area contributed by atoms with Gasteiger partial charge in [-0.3, -0.25) is 4.79 Å². The van der Waals surface area contributed by atoms with Crippen LogP contribution in [0.25, 0.3) is 0 Å². The molecule has 0 fully saturated rings. The van der Waals surface area contributed by atoms with E-state index in [2.05, 4.69) is 13.8 Å². The summed E-state index contributed by atoms with van der Waals surface area (Å²) in [6.45, 7) is 4.81. The Morgan fingerprint density at radius 2 is 1.69 bits per heavy atom. The third kappa shape index (κ3) is 11.4. The Morgan fingerprint density at radius 1 is 1.08 bits per heavy atom. The Labute approximate surface area is 80.8 Å². The summed E-state index contributed by atoms with van der Waals surface area (Å²) >= 11 is 0. The highest BCUT2D eigenvalue weighted by molar-refractivity contribution is 5.69. The summed E-state index contributed by atoms with van der Waals surface area (Å²) in [6.07, 6.45) is 5.92. The molecule has 0 amide bonds. The molecule has 0 aliphatic rings. The fourth-order valence-electron chi connectivity index (χ4n) is 0.922. The molecule has 0 aromatic carbocycles. The maximum Gasteiger partial charge on any atom is 0.305 e. The summed E-state index contributed by atoms with van der Waals surface area (Å²) in [4.78, 5) is 11.0. The summed E-state index contributed by atoms with van der Waals surface area (Å²) in [7, 11) is 0. The van der Waals surface area contributed by atoms with Gasteiger partial charge in [0.1, 0.15) is 0 Å². The number of carbonyl (C=O) groups is 1. The second-order valence-electron chi connectivity index (χ2n) is 3.03. The van der Waals surface area contributed by atoms with Gasteiger partial charge in [-0.25, -0.2) is 0 Å². The Hall–Kier alpha value is -0.570. The molecule has 0 saturated heterocycles. The zero-order chi connectivity index (χ0) is 9.23. The van der Waals surface area contributed by atoms with Crippen molar-refractivity contribution in [1.82, 2.24) is 0 Å². The third-order valence-corrected chi connectivity index (χ3v) is 1.75. The fraction of sp³-hybridized carbons (Fsp3) is 0.900. The third-order valence-electron chi connectivity index (χ3n) is 1.75. The van der Waals surface area contributed by atoms with Gasteiger partial charge in [0.2, 0.25) is 0 Å². The van der Waals surface area contributed by atoms with E-state index in [4.69, 9.17) is 4.74 Å². The Balaban J connectivity index is 0. The molecule has 0 bridgehead atoms. The number of hydrogen-bond acceptors (Lipinski definition) is 2. The van der Waals surface area contributed by atoms with Crippen LogP contribution in [0.1, 0.15) is 52.4 Å². The molecule has 0 unspecified atom stereocenters. The van der Waals surface area contributed by atoms with Crippen LogP contribution in [0.5, 0.6) is 0 Å². The van der Waals surface area contributed by atoms with Crippen molar-refractivity contribution in [3.05, 3.63) is 0 Å². The lowest BCUT2D eigenvalue weighted by molar-refractivity contribution is -0.143. The first-order valence-electron chi connectivity index (χ1n) is 4.96. The van der Waals surface area contributed by atoms with Crippen molar-refractivity contribution in [2.45, 2.75) is 52.4 Å². The molecule has 0 saturated carbocycles. The molecule has 0 atom stereocenters. The van der Waals surface area contributed by atoms with Crippen molar-refractivity contribution in [2.24, 2.45) is 0 Å². The van der Waals surface area contributed by atoms with Gasteiger partial charge in [-0.05, 0) is 12.8 Å². The van der Waals surface area contributed by atoms with E-state index in [1.807, 2.05) is 0 Å². The Morgan fingerprint density at radius 3 is 2.23 bits per heavy atom. The zero-order valence-corrected chi connectivity index (χ0v) is 8.77. The monoisotopic (exact) mass is 190 g/mol. The van der Waals surface area contributed by atoms with Crippen molar-refractivity contribution in [3.8, 4) is 0 Å². The lowest BCUT2D eigenvalue weighted by Gasteiger charge is -2.02. The Bertz CT molecular complexity index is 101. The van der Waals surface area contributed by atoms with Crippen LogP contribution in [0.3, 0.4) is 0 Å². The summed E-state index contributed by atoms with van der Waals surface area (Å²) < 4.78 is 4.99. The highest BCUT2D eigenvalue weighted by Gasteiger charge is 2.00. The van der Waals surface area contributed by atoms with E-state index in [-0.39, 0.29) is 11.4 Å². The van der Waals surface area contributed by atoms with Gasteiger partial charge in [0.05, 0.1) is 6.61 Å². The predicted molar refractivity (Wildman–Crippen MR) is 53.6 cm³/mol. The van der Waals surface area contributed by atoms with Crippen molar-refractivity contribution in [2.75, 3.05) is 6.61 Å². The smallest absolute Gasteiger partial charge is 0.305 e. The molecule has 0 aliphatic carbocycles. The van der Waals surface area contributed by atoms with Gasteiger partial charge in [0.15, 0.2) is 0 Å². The van der Waals surface area contributed by atoms with Crippen LogP contribution in [-0.2, 0) is 9.53 Å². The zero-order valence-electron chi connectivity index (χ0n) is 8.77. The van der Waals surface area contributed by atoms with Crippen LogP contribution in [0.15, 0.2) is 0 Å².